The van der Waals surface area contributed by atoms with Crippen molar-refractivity contribution < 1.29 is 0 Å². The topological polar surface area (TPSA) is 43.5 Å². The van der Waals surface area contributed by atoms with Gasteiger partial charge in [-0.2, -0.15) is 5.26 Å². The summed E-state index contributed by atoms with van der Waals surface area (Å²) in [6, 6.07) is 73.9. The fourth-order valence-electron chi connectivity index (χ4n) is 10.3. The highest BCUT2D eigenvalue weighted by molar-refractivity contribution is 6.30. The molecule has 0 spiro atoms. The van der Waals surface area contributed by atoms with E-state index in [-0.39, 0.29) is 0 Å². The molecule has 5 heteroatoms. The van der Waals surface area contributed by atoms with Crippen molar-refractivity contribution in [2.45, 2.75) is 0 Å². The second kappa shape index (κ2) is 12.3. The Morgan fingerprint density at radius 1 is 0.267 bits per heavy atom. The van der Waals surface area contributed by atoms with Crippen LogP contribution in [0.2, 0.25) is 0 Å². The van der Waals surface area contributed by atoms with E-state index < -0.39 is 0 Å². The zero-order chi connectivity index (χ0) is 39.5. The van der Waals surface area contributed by atoms with E-state index in [9.17, 15) is 5.26 Å². The Balaban J connectivity index is 1.12. The van der Waals surface area contributed by atoms with Crippen LogP contribution in [0.5, 0.6) is 0 Å². The van der Waals surface area contributed by atoms with E-state index in [0.717, 1.165) is 77.7 Å². The normalized spacial score (nSPS) is 12.0. The summed E-state index contributed by atoms with van der Waals surface area (Å²) in [5.74, 6) is 0. The predicted octanol–water partition coefficient (Wildman–Crippen LogP) is 13.9. The first-order valence-corrected chi connectivity index (χ1v) is 20.4. The van der Waals surface area contributed by atoms with Gasteiger partial charge in [0, 0.05) is 54.5 Å². The number of hydrogen-bond donors (Lipinski definition) is 0. The molecule has 0 saturated carbocycles. The van der Waals surface area contributed by atoms with E-state index in [1.165, 1.54) is 32.3 Å². The van der Waals surface area contributed by atoms with E-state index in [1.54, 1.807) is 0 Å². The lowest BCUT2D eigenvalue weighted by atomic mass is 10.1. The largest absolute Gasteiger partial charge is 0.309 e. The highest BCUT2D eigenvalue weighted by atomic mass is 15.0. The van der Waals surface area contributed by atoms with Gasteiger partial charge in [0.2, 0.25) is 0 Å². The van der Waals surface area contributed by atoms with Gasteiger partial charge in [0.15, 0.2) is 0 Å². The number of fused-ring (bicyclic) bond motifs is 14. The van der Waals surface area contributed by atoms with Crippen LogP contribution in [-0.2, 0) is 0 Å². The van der Waals surface area contributed by atoms with Crippen molar-refractivity contribution >= 4 is 87.2 Å². The Morgan fingerprint density at radius 3 is 0.917 bits per heavy atom. The Labute approximate surface area is 344 Å². The van der Waals surface area contributed by atoms with Gasteiger partial charge in [-0.3, -0.25) is 0 Å². The van der Waals surface area contributed by atoms with E-state index in [1.807, 2.05) is 0 Å². The van der Waals surface area contributed by atoms with Crippen molar-refractivity contribution in [2.24, 2.45) is 0 Å². The van der Waals surface area contributed by atoms with Crippen LogP contribution in [0.1, 0.15) is 5.56 Å². The van der Waals surface area contributed by atoms with Crippen LogP contribution >= 0.6 is 0 Å². The number of nitriles is 1. The number of benzene rings is 9. The van der Waals surface area contributed by atoms with Crippen LogP contribution in [0.4, 0.5) is 0 Å². The van der Waals surface area contributed by atoms with E-state index in [4.69, 9.17) is 0 Å². The van der Waals surface area contributed by atoms with Crippen LogP contribution < -0.4 is 0 Å². The first-order chi connectivity index (χ1) is 29.8. The molecular formula is C55H33N5. The van der Waals surface area contributed by atoms with Gasteiger partial charge in [0.25, 0.3) is 0 Å². The zero-order valence-electron chi connectivity index (χ0n) is 32.3. The lowest BCUT2D eigenvalue weighted by Crippen LogP contribution is -2.04. The fourth-order valence-corrected chi connectivity index (χ4v) is 10.3. The fraction of sp³-hybridized carbons (Fsp3) is 0. The predicted molar refractivity (Wildman–Crippen MR) is 249 cm³/mol. The van der Waals surface area contributed by atoms with Gasteiger partial charge in [0.1, 0.15) is 11.6 Å². The molecule has 4 heterocycles. The van der Waals surface area contributed by atoms with Gasteiger partial charge in [-0.15, -0.1) is 0 Å². The number of rotatable bonds is 4. The third-order valence-corrected chi connectivity index (χ3v) is 12.6. The molecule has 0 bridgehead atoms. The van der Waals surface area contributed by atoms with Crippen LogP contribution in [-0.4, -0.2) is 18.3 Å². The SMILES string of the molecule is N#Cc1c(-n2c3ccccc3c3c4c5ccccc5n(-c5ccccc5)c4ccc32)cccc1-n1c2ccccc2c2c3c4ccccc4n(-c4ccccc4)c3ccc21. The molecule has 13 rings (SSSR count). The minimum atomic E-state index is 0.612. The molecule has 9 aromatic carbocycles. The quantitative estimate of drug-likeness (QED) is 0.176. The highest BCUT2D eigenvalue weighted by Crippen LogP contribution is 2.45. The van der Waals surface area contributed by atoms with Gasteiger partial charge in [-0.25, -0.2) is 0 Å². The minimum Gasteiger partial charge on any atom is -0.309 e. The Hall–Kier alpha value is -8.33. The molecule has 0 radical (unpaired) electrons. The number of hydrogen-bond acceptors (Lipinski definition) is 1. The zero-order valence-corrected chi connectivity index (χ0v) is 32.3. The second-order valence-corrected chi connectivity index (χ2v) is 15.6. The summed E-state index contributed by atoms with van der Waals surface area (Å²) < 4.78 is 9.35. The number of para-hydroxylation sites is 6. The minimum absolute atomic E-state index is 0.612. The molecule has 278 valence electrons. The van der Waals surface area contributed by atoms with Crippen molar-refractivity contribution in [3.63, 3.8) is 0 Å². The Morgan fingerprint density at radius 2 is 0.567 bits per heavy atom. The van der Waals surface area contributed by atoms with Crippen LogP contribution in [0.15, 0.2) is 200 Å². The third-order valence-electron chi connectivity index (χ3n) is 12.6. The summed E-state index contributed by atoms with van der Waals surface area (Å²) in [6.45, 7) is 0. The molecule has 0 aliphatic carbocycles. The van der Waals surface area contributed by atoms with Crippen molar-refractivity contribution in [1.29, 1.82) is 5.26 Å². The van der Waals surface area contributed by atoms with Gasteiger partial charge < -0.3 is 18.3 Å². The summed E-state index contributed by atoms with van der Waals surface area (Å²) in [5.41, 5.74) is 13.4. The second-order valence-electron chi connectivity index (χ2n) is 15.6. The maximum atomic E-state index is 11.4. The average Bonchev–Trinajstić information content (AvgIpc) is 4.04. The summed E-state index contributed by atoms with van der Waals surface area (Å²) >= 11 is 0. The summed E-state index contributed by atoms with van der Waals surface area (Å²) in [4.78, 5) is 0. The van der Waals surface area contributed by atoms with E-state index >= 15 is 0 Å². The maximum Gasteiger partial charge on any atom is 0.104 e. The van der Waals surface area contributed by atoms with Gasteiger partial charge >= 0.3 is 0 Å². The lowest BCUT2D eigenvalue weighted by molar-refractivity contribution is 1.12. The maximum absolute atomic E-state index is 11.4. The van der Waals surface area contributed by atoms with Crippen LogP contribution in [0, 0.1) is 11.3 Å². The van der Waals surface area contributed by atoms with E-state index in [0.29, 0.717) is 5.56 Å². The summed E-state index contributed by atoms with van der Waals surface area (Å²) in [5, 5.41) is 20.9. The van der Waals surface area contributed by atoms with Crippen molar-refractivity contribution in [3.8, 4) is 28.8 Å². The summed E-state index contributed by atoms with van der Waals surface area (Å²) in [6.07, 6.45) is 0. The summed E-state index contributed by atoms with van der Waals surface area (Å²) in [7, 11) is 0. The molecule has 0 fully saturated rings. The van der Waals surface area contributed by atoms with Crippen molar-refractivity contribution in [2.75, 3.05) is 0 Å². The molecule has 0 saturated heterocycles. The Kier molecular flexibility index (Phi) is 6.73. The lowest BCUT2D eigenvalue weighted by Gasteiger charge is -2.16. The first-order valence-electron chi connectivity index (χ1n) is 20.4. The molecular weight excluding hydrogens is 731 g/mol. The molecule has 60 heavy (non-hydrogen) atoms. The van der Waals surface area contributed by atoms with Crippen molar-refractivity contribution in [1.82, 2.24) is 18.3 Å². The van der Waals surface area contributed by atoms with Crippen molar-refractivity contribution in [3.05, 3.63) is 206 Å². The van der Waals surface area contributed by atoms with Crippen LogP contribution in [0.25, 0.3) is 110 Å². The van der Waals surface area contributed by atoms with E-state index in [2.05, 4.69) is 225 Å². The third kappa shape index (κ3) is 4.29. The average molecular weight is 764 g/mol. The smallest absolute Gasteiger partial charge is 0.104 e. The molecule has 13 aromatic rings. The monoisotopic (exact) mass is 763 g/mol. The molecule has 0 amide bonds. The highest BCUT2D eigenvalue weighted by Gasteiger charge is 2.25. The molecule has 0 unspecified atom stereocenters. The van der Waals surface area contributed by atoms with Crippen LogP contribution in [0.3, 0.4) is 0 Å². The first kappa shape index (κ1) is 32.7. The molecule has 5 nitrogen and oxygen atoms in total. The molecule has 0 aliphatic heterocycles. The number of aromatic nitrogens is 4. The Bertz CT molecular complexity index is 3700. The molecule has 0 atom stereocenters. The van der Waals surface area contributed by atoms with Gasteiger partial charge in [-0.05, 0) is 84.9 Å². The number of nitrogens with zero attached hydrogens (tertiary/aromatic N) is 5. The van der Waals surface area contributed by atoms with Gasteiger partial charge in [-0.1, -0.05) is 115 Å². The van der Waals surface area contributed by atoms with Gasteiger partial charge in [0.05, 0.1) is 55.5 Å². The standard InChI is InChI=1S/C55H33N5/c56-34-41-46(59-44-26-13-9-22-39(44)54-50(59)32-30-48-52(54)37-20-7-11-24-42(37)57(48)35-16-3-1-4-17-35)28-15-29-47(41)60-45-27-14-10-23-40(45)55-51(60)33-31-49-53(55)38-21-8-12-25-43(38)58(49)36-18-5-2-6-19-36/h1-33H. The molecule has 0 N–H and O–H groups in total. The molecule has 0 aliphatic rings. The molecule has 4 aromatic heterocycles.